The summed E-state index contributed by atoms with van der Waals surface area (Å²) in [6.45, 7) is 4.53. The van der Waals surface area contributed by atoms with E-state index in [1.807, 2.05) is 19.2 Å². The van der Waals surface area contributed by atoms with Crippen LogP contribution in [0.1, 0.15) is 34.8 Å². The highest BCUT2D eigenvalue weighted by molar-refractivity contribution is 7.09. The summed E-state index contributed by atoms with van der Waals surface area (Å²) in [5, 5.41) is 6.11. The fourth-order valence-electron chi connectivity index (χ4n) is 2.16. The lowest BCUT2D eigenvalue weighted by molar-refractivity contribution is -0.137. The summed E-state index contributed by atoms with van der Waals surface area (Å²) in [6.07, 6.45) is -3.72. The number of aromatic nitrogens is 1. The number of thiazole rings is 1. The topological polar surface area (TPSA) is 24.9 Å². The average molecular weight is 314 g/mol. The van der Waals surface area contributed by atoms with Gasteiger partial charge in [-0.05, 0) is 31.2 Å². The molecule has 0 fully saturated rings. The van der Waals surface area contributed by atoms with Crippen molar-refractivity contribution in [3.8, 4) is 0 Å². The lowest BCUT2D eigenvalue weighted by Gasteiger charge is -2.18. The molecule has 1 atom stereocenters. The minimum Gasteiger partial charge on any atom is -0.310 e. The van der Waals surface area contributed by atoms with Gasteiger partial charge in [-0.1, -0.05) is 19.1 Å². The van der Waals surface area contributed by atoms with E-state index in [-0.39, 0.29) is 6.04 Å². The van der Waals surface area contributed by atoms with Crippen LogP contribution in [0.3, 0.4) is 0 Å². The van der Waals surface area contributed by atoms with E-state index in [9.17, 15) is 13.2 Å². The molecular formula is C15H17F3N2S. The van der Waals surface area contributed by atoms with E-state index in [4.69, 9.17) is 0 Å². The predicted molar refractivity (Wildman–Crippen MR) is 78.4 cm³/mol. The molecule has 0 amide bonds. The van der Waals surface area contributed by atoms with Gasteiger partial charge in [-0.25, -0.2) is 4.98 Å². The molecule has 1 heterocycles. The Morgan fingerprint density at radius 1 is 1.33 bits per heavy atom. The molecule has 2 nitrogen and oxygen atoms in total. The van der Waals surface area contributed by atoms with E-state index in [0.29, 0.717) is 18.5 Å². The first-order valence-electron chi connectivity index (χ1n) is 6.71. The molecule has 0 spiro atoms. The number of alkyl halides is 3. The van der Waals surface area contributed by atoms with Crippen molar-refractivity contribution in [3.63, 3.8) is 0 Å². The molecule has 0 bridgehead atoms. The van der Waals surface area contributed by atoms with Crippen LogP contribution in [-0.4, -0.2) is 11.5 Å². The van der Waals surface area contributed by atoms with E-state index in [1.54, 1.807) is 6.07 Å². The van der Waals surface area contributed by atoms with Crippen molar-refractivity contribution in [3.05, 3.63) is 51.5 Å². The summed E-state index contributed by atoms with van der Waals surface area (Å²) in [5.41, 5.74) is 0.965. The maximum atomic E-state index is 12.8. The van der Waals surface area contributed by atoms with Gasteiger partial charge in [0.25, 0.3) is 0 Å². The summed E-state index contributed by atoms with van der Waals surface area (Å²) in [6, 6.07) is 5.33. The Balaban J connectivity index is 2.25. The van der Waals surface area contributed by atoms with Gasteiger partial charge in [0.15, 0.2) is 0 Å². The van der Waals surface area contributed by atoms with Crippen LogP contribution in [0.5, 0.6) is 0 Å². The molecule has 1 N–H and O–H groups in total. The van der Waals surface area contributed by atoms with Gasteiger partial charge in [0.2, 0.25) is 0 Å². The van der Waals surface area contributed by atoms with Gasteiger partial charge in [-0.3, -0.25) is 0 Å². The van der Waals surface area contributed by atoms with Crippen LogP contribution in [0.25, 0.3) is 0 Å². The van der Waals surface area contributed by atoms with Gasteiger partial charge in [0.05, 0.1) is 10.6 Å². The maximum absolute atomic E-state index is 12.8. The SMILES string of the molecule is CCNC(Cc1nc(C)cs1)c1cccc(C(F)(F)F)c1. The summed E-state index contributed by atoms with van der Waals surface area (Å²) in [4.78, 5) is 4.39. The second-order valence-electron chi connectivity index (χ2n) is 4.82. The van der Waals surface area contributed by atoms with Crippen molar-refractivity contribution in [2.45, 2.75) is 32.5 Å². The van der Waals surface area contributed by atoms with Crippen LogP contribution in [0, 0.1) is 6.92 Å². The predicted octanol–water partition coefficient (Wildman–Crippen LogP) is 4.36. The first-order chi connectivity index (χ1) is 9.90. The molecule has 21 heavy (non-hydrogen) atoms. The number of nitrogens with one attached hydrogen (secondary N) is 1. The largest absolute Gasteiger partial charge is 0.416 e. The van der Waals surface area contributed by atoms with Gasteiger partial charge in [-0.2, -0.15) is 13.2 Å². The fourth-order valence-corrected chi connectivity index (χ4v) is 2.98. The van der Waals surface area contributed by atoms with Crippen LogP contribution >= 0.6 is 11.3 Å². The normalized spacial score (nSPS) is 13.4. The van der Waals surface area contributed by atoms with Gasteiger partial charge in [0.1, 0.15) is 0 Å². The zero-order valence-electron chi connectivity index (χ0n) is 11.9. The highest BCUT2D eigenvalue weighted by Gasteiger charge is 2.31. The number of hydrogen-bond acceptors (Lipinski definition) is 3. The van der Waals surface area contributed by atoms with Crippen molar-refractivity contribution in [1.29, 1.82) is 0 Å². The number of rotatable bonds is 5. The Morgan fingerprint density at radius 2 is 2.10 bits per heavy atom. The number of aryl methyl sites for hydroxylation is 1. The molecule has 1 unspecified atom stereocenters. The number of halogens is 3. The third-order valence-corrected chi connectivity index (χ3v) is 4.10. The molecule has 0 aliphatic carbocycles. The Bertz CT molecular complexity index is 593. The lowest BCUT2D eigenvalue weighted by atomic mass is 10.0. The molecule has 0 aliphatic rings. The molecule has 0 saturated carbocycles. The van der Waals surface area contributed by atoms with Crippen molar-refractivity contribution >= 4 is 11.3 Å². The summed E-state index contributed by atoms with van der Waals surface area (Å²) in [5.74, 6) is 0. The number of likely N-dealkylation sites (N-methyl/N-ethyl adjacent to an activating group) is 1. The minimum absolute atomic E-state index is 0.164. The lowest BCUT2D eigenvalue weighted by Crippen LogP contribution is -2.23. The molecule has 2 aromatic rings. The molecule has 0 aliphatic heterocycles. The van der Waals surface area contributed by atoms with Crippen LogP contribution in [-0.2, 0) is 12.6 Å². The molecule has 114 valence electrons. The molecule has 6 heteroatoms. The van der Waals surface area contributed by atoms with Gasteiger partial charge in [-0.15, -0.1) is 11.3 Å². The van der Waals surface area contributed by atoms with Crippen LogP contribution in [0.15, 0.2) is 29.6 Å². The van der Waals surface area contributed by atoms with Gasteiger partial charge in [0, 0.05) is 23.5 Å². The zero-order valence-corrected chi connectivity index (χ0v) is 12.7. The van der Waals surface area contributed by atoms with Crippen LogP contribution in [0.2, 0.25) is 0 Å². The average Bonchev–Trinajstić information content (AvgIpc) is 2.83. The molecule has 0 saturated heterocycles. The van der Waals surface area contributed by atoms with Gasteiger partial charge < -0.3 is 5.32 Å². The second-order valence-corrected chi connectivity index (χ2v) is 5.76. The van der Waals surface area contributed by atoms with Crippen molar-refractivity contribution in [2.75, 3.05) is 6.54 Å². The van der Waals surface area contributed by atoms with E-state index >= 15 is 0 Å². The third-order valence-electron chi connectivity index (χ3n) is 3.11. The Labute approximate surface area is 126 Å². The Hall–Kier alpha value is -1.40. The van der Waals surface area contributed by atoms with E-state index < -0.39 is 11.7 Å². The molecule has 1 aromatic carbocycles. The number of benzene rings is 1. The van der Waals surface area contributed by atoms with E-state index in [2.05, 4.69) is 10.3 Å². The quantitative estimate of drug-likeness (QED) is 0.887. The highest BCUT2D eigenvalue weighted by Crippen LogP contribution is 2.31. The molecular weight excluding hydrogens is 297 g/mol. The zero-order chi connectivity index (χ0) is 15.5. The Morgan fingerprint density at radius 3 is 2.67 bits per heavy atom. The fraction of sp³-hybridized carbons (Fsp3) is 0.400. The first kappa shape index (κ1) is 16.0. The number of nitrogens with zero attached hydrogens (tertiary/aromatic N) is 1. The minimum atomic E-state index is -4.31. The monoisotopic (exact) mass is 314 g/mol. The van der Waals surface area contributed by atoms with Crippen LogP contribution < -0.4 is 5.32 Å². The van der Waals surface area contributed by atoms with E-state index in [1.165, 1.54) is 23.5 Å². The third kappa shape index (κ3) is 4.28. The van der Waals surface area contributed by atoms with Crippen molar-refractivity contribution in [2.24, 2.45) is 0 Å². The molecule has 1 aromatic heterocycles. The molecule has 0 radical (unpaired) electrons. The van der Waals surface area contributed by atoms with E-state index in [0.717, 1.165) is 16.8 Å². The molecule has 2 rings (SSSR count). The second kappa shape index (κ2) is 6.58. The smallest absolute Gasteiger partial charge is 0.310 e. The summed E-state index contributed by atoms with van der Waals surface area (Å²) in [7, 11) is 0. The van der Waals surface area contributed by atoms with Gasteiger partial charge >= 0.3 is 6.18 Å². The first-order valence-corrected chi connectivity index (χ1v) is 7.59. The Kier molecular flexibility index (Phi) is 5.00. The highest BCUT2D eigenvalue weighted by atomic mass is 32.1. The van der Waals surface area contributed by atoms with Crippen LogP contribution in [0.4, 0.5) is 13.2 Å². The summed E-state index contributed by atoms with van der Waals surface area (Å²) < 4.78 is 38.4. The standard InChI is InChI=1S/C15H17F3N2S/c1-3-19-13(8-14-20-10(2)9-21-14)11-5-4-6-12(7-11)15(16,17)18/h4-7,9,13,19H,3,8H2,1-2H3. The maximum Gasteiger partial charge on any atom is 0.416 e. The number of hydrogen-bond donors (Lipinski definition) is 1. The van der Waals surface area contributed by atoms with Crippen molar-refractivity contribution < 1.29 is 13.2 Å². The van der Waals surface area contributed by atoms with Crippen molar-refractivity contribution in [1.82, 2.24) is 10.3 Å². The summed E-state index contributed by atoms with van der Waals surface area (Å²) >= 11 is 1.53.